The lowest BCUT2D eigenvalue weighted by atomic mass is 9.61. The third-order valence-electron chi connectivity index (χ3n) is 9.94. The van der Waals surface area contributed by atoms with E-state index in [1.165, 1.54) is 36.1 Å². The van der Waals surface area contributed by atoms with Crippen molar-refractivity contribution in [2.45, 2.75) is 102 Å². The van der Waals surface area contributed by atoms with Gasteiger partial charge in [0.15, 0.2) is 0 Å². The first-order chi connectivity index (χ1) is 17.1. The van der Waals surface area contributed by atoms with Crippen LogP contribution < -0.4 is 0 Å². The van der Waals surface area contributed by atoms with Gasteiger partial charge in [-0.15, -0.1) is 11.3 Å². The van der Waals surface area contributed by atoms with Crippen molar-refractivity contribution < 1.29 is 15.3 Å². The highest BCUT2D eigenvalue weighted by Gasteiger charge is 2.53. The minimum absolute atomic E-state index is 0.157. The monoisotopic (exact) mass is 509 g/mol. The number of aliphatic hydroxyl groups is 3. The van der Waals surface area contributed by atoms with Crippen LogP contribution in [0.2, 0.25) is 0 Å². The molecule has 196 valence electrons. The molecular weight excluding hydrogens is 466 g/mol. The first-order valence-electron chi connectivity index (χ1n) is 13.9. The van der Waals surface area contributed by atoms with Crippen molar-refractivity contribution >= 4 is 11.3 Å². The molecule has 0 aliphatic heterocycles. The average Bonchev–Trinajstić information content (AvgIpc) is 3.41. The fraction of sp³-hybridized carbons (Fsp3) is 0.645. The number of hydrogen-bond donors (Lipinski definition) is 3. The summed E-state index contributed by atoms with van der Waals surface area (Å²) in [5.74, 6) is 1.60. The minimum Gasteiger partial charge on any atom is -0.393 e. The van der Waals surface area contributed by atoms with E-state index in [0.717, 1.165) is 35.4 Å². The third kappa shape index (κ3) is 4.73. The topological polar surface area (TPSA) is 73.6 Å². The van der Waals surface area contributed by atoms with Crippen molar-refractivity contribution in [3.05, 3.63) is 63.7 Å². The third-order valence-corrected chi connectivity index (χ3v) is 11.1. The van der Waals surface area contributed by atoms with Crippen molar-refractivity contribution in [1.82, 2.24) is 4.98 Å². The van der Waals surface area contributed by atoms with Crippen molar-refractivity contribution in [1.29, 1.82) is 0 Å². The molecule has 0 unspecified atom stereocenters. The summed E-state index contributed by atoms with van der Waals surface area (Å²) in [6, 6.07) is 0. The number of aryl methyl sites for hydroxylation is 1. The molecule has 0 saturated heterocycles. The van der Waals surface area contributed by atoms with E-state index in [-0.39, 0.29) is 10.8 Å². The fourth-order valence-electron chi connectivity index (χ4n) is 7.56. The summed E-state index contributed by atoms with van der Waals surface area (Å²) in [4.78, 5) is 5.80. The normalized spacial score (nSPS) is 38.0. The van der Waals surface area contributed by atoms with E-state index in [0.29, 0.717) is 30.6 Å². The lowest BCUT2D eigenvalue weighted by Gasteiger charge is -2.44. The Kier molecular flexibility index (Phi) is 7.23. The van der Waals surface area contributed by atoms with Crippen LogP contribution in [-0.4, -0.2) is 38.6 Å². The van der Waals surface area contributed by atoms with E-state index in [9.17, 15) is 15.3 Å². The Morgan fingerprint density at radius 1 is 1.17 bits per heavy atom. The van der Waals surface area contributed by atoms with Crippen molar-refractivity contribution in [3.8, 4) is 0 Å². The van der Waals surface area contributed by atoms with E-state index >= 15 is 0 Å². The summed E-state index contributed by atoms with van der Waals surface area (Å²) >= 11 is 1.73. The molecule has 0 spiro atoms. The number of thiazole rings is 1. The molecule has 5 heteroatoms. The second kappa shape index (κ2) is 9.98. The van der Waals surface area contributed by atoms with Crippen LogP contribution in [-0.2, 0) is 5.41 Å². The van der Waals surface area contributed by atoms with Gasteiger partial charge in [-0.1, -0.05) is 50.3 Å². The van der Waals surface area contributed by atoms with Gasteiger partial charge < -0.3 is 15.3 Å². The summed E-state index contributed by atoms with van der Waals surface area (Å²) in [6.07, 6.45) is 18.1. The van der Waals surface area contributed by atoms with Crippen molar-refractivity contribution in [2.24, 2.45) is 23.2 Å². The Morgan fingerprint density at radius 2 is 1.94 bits per heavy atom. The molecule has 4 aliphatic rings. The number of nitrogens with zero attached hydrogens (tertiary/aromatic N) is 1. The fourth-order valence-corrected chi connectivity index (χ4v) is 8.61. The number of allylic oxidation sites excluding steroid dienone is 4. The van der Waals surface area contributed by atoms with Gasteiger partial charge in [0.1, 0.15) is 5.01 Å². The van der Waals surface area contributed by atoms with E-state index < -0.39 is 18.3 Å². The number of hydrogen-bond acceptors (Lipinski definition) is 5. The number of rotatable bonds is 6. The van der Waals surface area contributed by atoms with Crippen LogP contribution in [0.5, 0.6) is 0 Å². The van der Waals surface area contributed by atoms with Gasteiger partial charge in [0.2, 0.25) is 0 Å². The molecule has 1 heterocycles. The lowest BCUT2D eigenvalue weighted by Crippen LogP contribution is -2.35. The Balaban J connectivity index is 1.29. The largest absolute Gasteiger partial charge is 0.393 e. The molecule has 0 radical (unpaired) electrons. The molecule has 4 nitrogen and oxygen atoms in total. The van der Waals surface area contributed by atoms with Gasteiger partial charge in [-0.2, -0.15) is 0 Å². The van der Waals surface area contributed by atoms with Gasteiger partial charge in [-0.25, -0.2) is 4.98 Å². The molecule has 4 aliphatic carbocycles. The molecule has 7 atom stereocenters. The lowest BCUT2D eigenvalue weighted by molar-refractivity contribution is 0.0862. The van der Waals surface area contributed by atoms with Crippen molar-refractivity contribution in [3.63, 3.8) is 0 Å². The van der Waals surface area contributed by atoms with Gasteiger partial charge in [0, 0.05) is 17.5 Å². The molecule has 3 N–H and O–H groups in total. The molecule has 4 fully saturated rings. The molecular formula is C31H43NO3S. The molecule has 36 heavy (non-hydrogen) atoms. The second-order valence-corrected chi connectivity index (χ2v) is 13.5. The van der Waals surface area contributed by atoms with E-state index in [4.69, 9.17) is 0 Å². The first-order valence-corrected chi connectivity index (χ1v) is 14.7. The number of aliphatic hydroxyl groups excluding tert-OH is 3. The highest BCUT2D eigenvalue weighted by atomic mass is 32.1. The van der Waals surface area contributed by atoms with Gasteiger partial charge in [0.05, 0.1) is 23.7 Å². The highest BCUT2D eigenvalue weighted by Crippen LogP contribution is 2.60. The van der Waals surface area contributed by atoms with Crippen LogP contribution >= 0.6 is 11.3 Å². The molecule has 0 aromatic carbocycles. The zero-order chi connectivity index (χ0) is 25.7. The summed E-state index contributed by atoms with van der Waals surface area (Å²) in [5, 5.41) is 32.5. The van der Waals surface area contributed by atoms with Crippen LogP contribution in [0.4, 0.5) is 0 Å². The van der Waals surface area contributed by atoms with Crippen LogP contribution in [0.1, 0.15) is 81.5 Å². The maximum atomic E-state index is 11.1. The van der Waals surface area contributed by atoms with Gasteiger partial charge >= 0.3 is 0 Å². The molecule has 4 saturated carbocycles. The summed E-state index contributed by atoms with van der Waals surface area (Å²) < 4.78 is 0. The SMILES string of the molecule is C=C1C(=CC=C2CCC[C@]3(C)[C@@H]([C@H](C)C=C[C@H](O)C4(c5ncc(C)s5)CC4)CC[C@@H]23)C[C@@H](O)C[C@@H]1O. The average molecular weight is 510 g/mol. The summed E-state index contributed by atoms with van der Waals surface area (Å²) in [6.45, 7) is 11.0. The Bertz CT molecular complexity index is 1080. The predicted octanol–water partition coefficient (Wildman–Crippen LogP) is 6.18. The van der Waals surface area contributed by atoms with Crippen LogP contribution in [0.25, 0.3) is 0 Å². The smallest absolute Gasteiger partial charge is 0.102 e. The Hall–Kier alpha value is -1.53. The Labute approximate surface area is 220 Å². The van der Waals surface area contributed by atoms with Crippen LogP contribution in [0, 0.1) is 30.1 Å². The maximum absolute atomic E-state index is 11.1. The van der Waals surface area contributed by atoms with Crippen LogP contribution in [0.15, 0.2) is 53.8 Å². The first kappa shape index (κ1) is 26.1. The van der Waals surface area contributed by atoms with Gasteiger partial charge in [-0.3, -0.25) is 0 Å². The van der Waals surface area contributed by atoms with Crippen LogP contribution in [0.3, 0.4) is 0 Å². The van der Waals surface area contributed by atoms with Crippen molar-refractivity contribution in [2.75, 3.05) is 0 Å². The summed E-state index contributed by atoms with van der Waals surface area (Å²) in [7, 11) is 0. The molecule has 1 aromatic rings. The van der Waals surface area contributed by atoms with Gasteiger partial charge in [-0.05, 0) is 92.6 Å². The highest BCUT2D eigenvalue weighted by molar-refractivity contribution is 7.11. The second-order valence-electron chi connectivity index (χ2n) is 12.3. The van der Waals surface area contributed by atoms with E-state index in [1.807, 2.05) is 6.20 Å². The number of fused-ring (bicyclic) bond motifs is 1. The maximum Gasteiger partial charge on any atom is 0.102 e. The predicted molar refractivity (Wildman–Crippen MR) is 147 cm³/mol. The standard InChI is InChI=1S/C31H43NO3S/c1-19(7-12-28(35)31(14-15-31)29-32-18-20(2)36-29)25-10-11-26-22(6-5-13-30(25,26)4)8-9-23-16-24(33)17-27(34)21(23)3/h7-9,12,18-19,24-28,33-35H,3,5-6,10-11,13-17H2,1-2,4H3/t19-,24-,25-,26+,27+,28+,30-/m1/s1. The molecule has 1 aromatic heterocycles. The molecule has 5 rings (SSSR count). The van der Waals surface area contributed by atoms with E-state index in [2.05, 4.69) is 56.6 Å². The number of aromatic nitrogens is 1. The molecule has 0 amide bonds. The minimum atomic E-state index is -0.636. The van der Waals surface area contributed by atoms with Gasteiger partial charge in [0.25, 0.3) is 0 Å². The zero-order valence-electron chi connectivity index (χ0n) is 22.1. The zero-order valence-corrected chi connectivity index (χ0v) is 22.9. The summed E-state index contributed by atoms with van der Waals surface area (Å²) in [5.41, 5.74) is 3.39. The quantitative estimate of drug-likeness (QED) is 0.401. The molecule has 0 bridgehead atoms. The van der Waals surface area contributed by atoms with E-state index in [1.54, 1.807) is 11.3 Å². The Morgan fingerprint density at radius 3 is 2.64 bits per heavy atom.